The number of halogens is 6. The molecule has 1 aliphatic rings. The Kier molecular flexibility index (Phi) is 7.33. The second-order valence-corrected chi connectivity index (χ2v) is 12.0. The molecule has 0 fully saturated rings. The predicted octanol–water partition coefficient (Wildman–Crippen LogP) is 10.8. The van der Waals surface area contributed by atoms with Crippen molar-refractivity contribution >= 4 is 17.0 Å². The summed E-state index contributed by atoms with van der Waals surface area (Å²) in [5, 5.41) is 0.967. The minimum atomic E-state index is -5.67. The van der Waals surface area contributed by atoms with Gasteiger partial charge in [-0.3, -0.25) is 0 Å². The molecule has 1 atom stereocenters. The third kappa shape index (κ3) is 4.47. The van der Waals surface area contributed by atoms with Crippen LogP contribution < -0.4 is 0 Å². The SMILES string of the molecule is CCc1c2c(n(-c3ccc(C(c4ccc(-n5c(C)c(C)c6ccccc65)cc4)(C(F)(F)F)C(F)(F)F)cc3)c1C)C=CCC2C. The van der Waals surface area contributed by atoms with E-state index >= 15 is 26.3 Å². The number of rotatable bonds is 5. The zero-order chi connectivity index (χ0) is 32.5. The summed E-state index contributed by atoms with van der Waals surface area (Å²) in [4.78, 5) is 0. The fourth-order valence-electron chi connectivity index (χ4n) is 7.35. The summed E-state index contributed by atoms with van der Waals surface area (Å²) in [6, 6.07) is 16.8. The van der Waals surface area contributed by atoms with Gasteiger partial charge in [-0.1, -0.05) is 62.4 Å². The molecule has 1 unspecified atom stereocenters. The van der Waals surface area contributed by atoms with E-state index in [2.05, 4.69) is 19.9 Å². The third-order valence-electron chi connectivity index (χ3n) is 9.62. The van der Waals surface area contributed by atoms with Gasteiger partial charge in [0.15, 0.2) is 0 Å². The van der Waals surface area contributed by atoms with E-state index in [0.717, 1.165) is 76.2 Å². The Bertz CT molecular complexity index is 1900. The van der Waals surface area contributed by atoms with Crippen LogP contribution in [0.4, 0.5) is 26.3 Å². The van der Waals surface area contributed by atoms with Gasteiger partial charge in [-0.25, -0.2) is 0 Å². The molecule has 234 valence electrons. The summed E-state index contributed by atoms with van der Waals surface area (Å²) in [7, 11) is 0. The molecule has 6 rings (SSSR count). The maximum absolute atomic E-state index is 15.0. The minimum Gasteiger partial charge on any atom is -0.314 e. The topological polar surface area (TPSA) is 9.86 Å². The summed E-state index contributed by atoms with van der Waals surface area (Å²) in [5.74, 6) is 0.266. The first kappa shape index (κ1) is 30.8. The molecule has 0 saturated heterocycles. The number of alkyl halides is 6. The molecule has 45 heavy (non-hydrogen) atoms. The van der Waals surface area contributed by atoms with Gasteiger partial charge in [-0.05, 0) is 104 Å². The van der Waals surface area contributed by atoms with E-state index in [9.17, 15) is 0 Å². The van der Waals surface area contributed by atoms with Crippen molar-refractivity contribution in [2.75, 3.05) is 0 Å². The zero-order valence-electron chi connectivity index (χ0n) is 25.7. The molecule has 2 nitrogen and oxygen atoms in total. The summed E-state index contributed by atoms with van der Waals surface area (Å²) < 4.78 is 93.8. The number of allylic oxidation sites excluding steroid dienone is 1. The highest BCUT2D eigenvalue weighted by molar-refractivity contribution is 5.87. The van der Waals surface area contributed by atoms with Crippen LogP contribution in [0.2, 0.25) is 0 Å². The van der Waals surface area contributed by atoms with Gasteiger partial charge in [0.1, 0.15) is 0 Å². The molecule has 8 heteroatoms. The maximum Gasteiger partial charge on any atom is 0.411 e. The lowest BCUT2D eigenvalue weighted by atomic mass is 9.73. The molecule has 2 heterocycles. The number of fused-ring (bicyclic) bond motifs is 2. The third-order valence-corrected chi connectivity index (χ3v) is 9.62. The highest BCUT2D eigenvalue weighted by atomic mass is 19.4. The summed E-state index contributed by atoms with van der Waals surface area (Å²) >= 11 is 0. The fourth-order valence-corrected chi connectivity index (χ4v) is 7.35. The van der Waals surface area contributed by atoms with Crippen molar-refractivity contribution in [2.45, 2.75) is 71.1 Å². The van der Waals surface area contributed by atoms with Crippen molar-refractivity contribution in [2.24, 2.45) is 0 Å². The fraction of sp³-hybridized carbons (Fsp3) is 0.297. The Morgan fingerprint density at radius 1 is 0.711 bits per heavy atom. The van der Waals surface area contributed by atoms with Crippen LogP contribution in [-0.2, 0) is 11.8 Å². The first-order valence-electron chi connectivity index (χ1n) is 15.1. The number of nitrogens with zero attached hydrogens (tertiary/aromatic N) is 2. The molecule has 0 saturated carbocycles. The predicted molar refractivity (Wildman–Crippen MR) is 168 cm³/mol. The molecule has 3 aromatic carbocycles. The molecule has 0 N–H and O–H groups in total. The Balaban J connectivity index is 1.50. The smallest absolute Gasteiger partial charge is 0.314 e. The number of aromatic nitrogens is 2. The average Bonchev–Trinajstić information content (AvgIpc) is 3.42. The molecular weight excluding hydrogens is 586 g/mol. The monoisotopic (exact) mass is 620 g/mol. The molecule has 0 spiro atoms. The first-order chi connectivity index (χ1) is 21.2. The summed E-state index contributed by atoms with van der Waals surface area (Å²) in [5.41, 5.74) is 1.88. The van der Waals surface area contributed by atoms with Crippen molar-refractivity contribution in [3.63, 3.8) is 0 Å². The van der Waals surface area contributed by atoms with E-state index in [-0.39, 0.29) is 5.92 Å². The Morgan fingerprint density at radius 2 is 1.24 bits per heavy atom. The van der Waals surface area contributed by atoms with Gasteiger partial charge in [-0.15, -0.1) is 0 Å². The van der Waals surface area contributed by atoms with Gasteiger partial charge < -0.3 is 9.13 Å². The molecule has 5 aromatic rings. The molecule has 0 amide bonds. The van der Waals surface area contributed by atoms with Crippen LogP contribution in [0.25, 0.3) is 28.4 Å². The van der Waals surface area contributed by atoms with Gasteiger partial charge in [0.25, 0.3) is 0 Å². The zero-order valence-corrected chi connectivity index (χ0v) is 25.7. The van der Waals surface area contributed by atoms with Gasteiger partial charge in [-0.2, -0.15) is 26.3 Å². The number of aryl methyl sites for hydroxylation is 1. The summed E-state index contributed by atoms with van der Waals surface area (Å²) in [6.45, 7) is 9.94. The van der Waals surface area contributed by atoms with Crippen LogP contribution in [0, 0.1) is 20.8 Å². The van der Waals surface area contributed by atoms with Crippen LogP contribution in [0.15, 0.2) is 78.9 Å². The highest BCUT2D eigenvalue weighted by Crippen LogP contribution is 2.56. The number of hydrogen-bond acceptors (Lipinski definition) is 0. The average molecular weight is 621 g/mol. The van der Waals surface area contributed by atoms with Crippen molar-refractivity contribution in [1.82, 2.24) is 9.13 Å². The second-order valence-electron chi connectivity index (χ2n) is 12.0. The van der Waals surface area contributed by atoms with Crippen LogP contribution in [0.3, 0.4) is 0 Å². The van der Waals surface area contributed by atoms with Gasteiger partial charge in [0, 0.05) is 33.8 Å². The number of hydrogen-bond donors (Lipinski definition) is 0. The molecule has 0 aliphatic heterocycles. The quantitative estimate of drug-likeness (QED) is 0.173. The second kappa shape index (κ2) is 10.7. The van der Waals surface area contributed by atoms with Gasteiger partial charge in [0.2, 0.25) is 5.41 Å². The first-order valence-corrected chi connectivity index (χ1v) is 15.1. The van der Waals surface area contributed by atoms with Crippen molar-refractivity contribution in [3.05, 3.63) is 124 Å². The van der Waals surface area contributed by atoms with E-state index in [1.165, 1.54) is 29.8 Å². The number of para-hydroxylation sites is 1. The van der Waals surface area contributed by atoms with Crippen LogP contribution in [-0.4, -0.2) is 21.5 Å². The number of benzene rings is 3. The van der Waals surface area contributed by atoms with Gasteiger partial charge >= 0.3 is 12.4 Å². The van der Waals surface area contributed by atoms with Gasteiger partial charge in [0.05, 0.1) is 5.52 Å². The molecule has 0 radical (unpaired) electrons. The Morgan fingerprint density at radius 3 is 1.78 bits per heavy atom. The van der Waals surface area contributed by atoms with Crippen molar-refractivity contribution in [1.29, 1.82) is 0 Å². The van der Waals surface area contributed by atoms with Crippen LogP contribution in [0.1, 0.15) is 71.1 Å². The highest BCUT2D eigenvalue weighted by Gasteiger charge is 2.72. The van der Waals surface area contributed by atoms with E-state index in [1.807, 2.05) is 60.2 Å². The van der Waals surface area contributed by atoms with Crippen LogP contribution in [0.5, 0.6) is 0 Å². The summed E-state index contributed by atoms with van der Waals surface area (Å²) in [6.07, 6.45) is -5.65. The maximum atomic E-state index is 15.0. The van der Waals surface area contributed by atoms with Crippen LogP contribution >= 0.6 is 0 Å². The standard InChI is InChI=1S/C37H34F6N2/c1-6-30-25(5)45(33-13-9-10-22(2)34(30)33)29-20-16-27(17-21-29)35(36(38,39)40,37(41,42)43)26-14-18-28(19-15-26)44-24(4)23(3)31-11-7-8-12-32(31)44/h7-9,11-22H,6,10H2,1-5H3. The molecule has 1 aliphatic carbocycles. The van der Waals surface area contributed by atoms with Crippen molar-refractivity contribution in [3.8, 4) is 11.4 Å². The normalized spacial score (nSPS) is 15.6. The molecule has 0 bridgehead atoms. The lowest BCUT2D eigenvalue weighted by Crippen LogP contribution is -2.54. The van der Waals surface area contributed by atoms with Crippen molar-refractivity contribution < 1.29 is 26.3 Å². The lowest BCUT2D eigenvalue weighted by Gasteiger charge is -2.38. The lowest BCUT2D eigenvalue weighted by molar-refractivity contribution is -0.288. The van der Waals surface area contributed by atoms with E-state index < -0.39 is 28.9 Å². The minimum absolute atomic E-state index is 0.266. The Labute approximate surface area is 258 Å². The largest absolute Gasteiger partial charge is 0.411 e. The molecular formula is C37H34F6N2. The van der Waals surface area contributed by atoms with E-state index in [4.69, 9.17) is 0 Å². The Hall–Kier alpha value is -4.20. The van der Waals surface area contributed by atoms with E-state index in [1.54, 1.807) is 0 Å². The van der Waals surface area contributed by atoms with E-state index in [0.29, 0.717) is 11.4 Å². The molecule has 2 aromatic heterocycles.